The van der Waals surface area contributed by atoms with E-state index in [4.69, 9.17) is 23.2 Å². The van der Waals surface area contributed by atoms with Gasteiger partial charge in [-0.05, 0) is 20.5 Å². The predicted octanol–water partition coefficient (Wildman–Crippen LogP) is 3.77. The molecule has 4 rings (SSSR count). The summed E-state index contributed by atoms with van der Waals surface area (Å²) in [6.07, 6.45) is 2.63. The summed E-state index contributed by atoms with van der Waals surface area (Å²) in [7, 11) is 4.09. The molecule has 0 bridgehead atoms. The van der Waals surface area contributed by atoms with Gasteiger partial charge in [0.15, 0.2) is 11.6 Å². The fraction of sp³-hybridized carbons (Fsp3) is 0.444. The second-order valence-corrected chi connectivity index (χ2v) is 8.15. The van der Waals surface area contributed by atoms with Crippen LogP contribution in [-0.4, -0.2) is 62.9 Å². The van der Waals surface area contributed by atoms with Gasteiger partial charge in [0.1, 0.15) is 10.3 Å². The molecule has 11 heteroatoms. The van der Waals surface area contributed by atoms with Gasteiger partial charge in [0.25, 0.3) is 0 Å². The SMILES string of the molecule is CN(C)[C@H]1CCN(c2nn(-c3cc(Cl)nc(C(C)(F)F)n3)c3cc(Cl)ncc23)C1. The molecule has 1 saturated heterocycles. The largest absolute Gasteiger partial charge is 0.353 e. The third kappa shape index (κ3) is 3.86. The highest BCUT2D eigenvalue weighted by Gasteiger charge is 2.31. The van der Waals surface area contributed by atoms with Crippen molar-refractivity contribution in [2.45, 2.75) is 25.3 Å². The molecule has 0 spiro atoms. The Kier molecular flexibility index (Phi) is 5.08. The van der Waals surface area contributed by atoms with Gasteiger partial charge in [-0.3, -0.25) is 0 Å². The maximum Gasteiger partial charge on any atom is 0.303 e. The molecule has 0 aliphatic carbocycles. The Hall–Kier alpha value is -2.10. The molecule has 0 saturated carbocycles. The van der Waals surface area contributed by atoms with E-state index < -0.39 is 11.7 Å². The minimum Gasteiger partial charge on any atom is -0.353 e. The van der Waals surface area contributed by atoms with Crippen molar-refractivity contribution in [3.8, 4) is 5.82 Å². The second kappa shape index (κ2) is 7.30. The minimum atomic E-state index is -3.24. The highest BCUT2D eigenvalue weighted by molar-refractivity contribution is 6.30. The van der Waals surface area contributed by atoms with E-state index in [9.17, 15) is 8.78 Å². The number of rotatable bonds is 4. The fourth-order valence-corrected chi connectivity index (χ4v) is 3.77. The monoisotopic (exact) mass is 441 g/mol. The molecular formula is C18H19Cl2F2N7. The van der Waals surface area contributed by atoms with Gasteiger partial charge in [0.2, 0.25) is 5.82 Å². The zero-order valence-corrected chi connectivity index (χ0v) is 17.6. The van der Waals surface area contributed by atoms with Crippen LogP contribution in [0.5, 0.6) is 0 Å². The van der Waals surface area contributed by atoms with Crippen LogP contribution in [0.15, 0.2) is 18.3 Å². The van der Waals surface area contributed by atoms with Crippen molar-refractivity contribution in [1.82, 2.24) is 29.6 Å². The highest BCUT2D eigenvalue weighted by atomic mass is 35.5. The topological polar surface area (TPSA) is 63.0 Å². The maximum atomic E-state index is 13.8. The predicted molar refractivity (Wildman–Crippen MR) is 108 cm³/mol. The fourth-order valence-electron chi connectivity index (χ4n) is 3.44. The molecule has 154 valence electrons. The molecule has 1 aliphatic heterocycles. The first-order valence-electron chi connectivity index (χ1n) is 9.02. The molecule has 1 fully saturated rings. The number of fused-ring (bicyclic) bond motifs is 1. The summed E-state index contributed by atoms with van der Waals surface area (Å²) in [4.78, 5) is 16.1. The van der Waals surface area contributed by atoms with Gasteiger partial charge >= 0.3 is 5.92 Å². The van der Waals surface area contributed by atoms with Gasteiger partial charge in [0.05, 0.1) is 10.9 Å². The molecule has 3 aromatic heterocycles. The Morgan fingerprint density at radius 2 is 1.93 bits per heavy atom. The molecule has 1 aliphatic rings. The van der Waals surface area contributed by atoms with Gasteiger partial charge < -0.3 is 9.80 Å². The number of aromatic nitrogens is 5. The highest BCUT2D eigenvalue weighted by Crippen LogP contribution is 2.33. The molecule has 4 heterocycles. The summed E-state index contributed by atoms with van der Waals surface area (Å²) >= 11 is 12.1. The number of nitrogens with zero attached hydrogens (tertiary/aromatic N) is 7. The zero-order chi connectivity index (χ0) is 20.9. The lowest BCUT2D eigenvalue weighted by Crippen LogP contribution is -2.31. The van der Waals surface area contributed by atoms with E-state index in [-0.39, 0.29) is 16.1 Å². The van der Waals surface area contributed by atoms with Crippen LogP contribution in [0.3, 0.4) is 0 Å². The van der Waals surface area contributed by atoms with Crippen LogP contribution < -0.4 is 4.90 Å². The number of pyridine rings is 1. The third-order valence-corrected chi connectivity index (χ3v) is 5.40. The number of halogens is 4. The summed E-state index contributed by atoms with van der Waals surface area (Å²) < 4.78 is 29.1. The Bertz CT molecular complexity index is 1060. The zero-order valence-electron chi connectivity index (χ0n) is 16.1. The van der Waals surface area contributed by atoms with Crippen molar-refractivity contribution >= 4 is 39.9 Å². The Balaban J connectivity index is 1.86. The van der Waals surface area contributed by atoms with Crippen molar-refractivity contribution in [1.29, 1.82) is 0 Å². The lowest BCUT2D eigenvalue weighted by atomic mass is 10.2. The molecule has 7 nitrogen and oxygen atoms in total. The summed E-state index contributed by atoms with van der Waals surface area (Å²) in [6, 6.07) is 3.43. The van der Waals surface area contributed by atoms with Crippen LogP contribution in [0.4, 0.5) is 14.6 Å². The van der Waals surface area contributed by atoms with E-state index >= 15 is 0 Å². The average Bonchev–Trinajstić information content (AvgIpc) is 3.24. The van der Waals surface area contributed by atoms with E-state index in [0.717, 1.165) is 31.8 Å². The van der Waals surface area contributed by atoms with Crippen molar-refractivity contribution in [3.05, 3.63) is 34.5 Å². The van der Waals surface area contributed by atoms with Gasteiger partial charge in [-0.1, -0.05) is 23.2 Å². The first-order valence-corrected chi connectivity index (χ1v) is 9.78. The molecule has 0 radical (unpaired) electrons. The first-order chi connectivity index (χ1) is 13.6. The molecular weight excluding hydrogens is 423 g/mol. The smallest absolute Gasteiger partial charge is 0.303 e. The normalized spacial score (nSPS) is 17.7. The summed E-state index contributed by atoms with van der Waals surface area (Å²) in [5.74, 6) is -3.06. The standard InChI is InChI=1S/C18H19Cl2F2N7/c1-18(21,22)17-24-14(20)7-15(25-17)29-12-6-13(19)23-8-11(12)16(26-29)28-5-4-10(9-28)27(2)3/h6-8,10H,4-5,9H2,1-3H3/t10-/m0/s1. The Labute approximate surface area is 176 Å². The third-order valence-electron chi connectivity index (χ3n) is 5.00. The number of hydrogen-bond acceptors (Lipinski definition) is 6. The van der Waals surface area contributed by atoms with E-state index in [0.29, 0.717) is 17.4 Å². The lowest BCUT2D eigenvalue weighted by molar-refractivity contribution is 0.00765. The molecule has 1 atom stereocenters. The Morgan fingerprint density at radius 1 is 1.17 bits per heavy atom. The van der Waals surface area contributed by atoms with Crippen LogP contribution in [0.2, 0.25) is 10.3 Å². The second-order valence-electron chi connectivity index (χ2n) is 7.37. The van der Waals surface area contributed by atoms with Gasteiger partial charge in [-0.2, -0.15) is 8.78 Å². The van der Waals surface area contributed by atoms with Crippen LogP contribution in [-0.2, 0) is 5.92 Å². The Morgan fingerprint density at radius 3 is 2.59 bits per heavy atom. The van der Waals surface area contributed by atoms with Gasteiger partial charge in [-0.15, -0.1) is 5.10 Å². The van der Waals surface area contributed by atoms with E-state index in [1.54, 1.807) is 12.3 Å². The van der Waals surface area contributed by atoms with E-state index in [2.05, 4.69) is 29.9 Å². The van der Waals surface area contributed by atoms with Gasteiger partial charge in [0, 0.05) is 44.4 Å². The van der Waals surface area contributed by atoms with Crippen molar-refractivity contribution in [2.75, 3.05) is 32.1 Å². The summed E-state index contributed by atoms with van der Waals surface area (Å²) in [5, 5.41) is 5.60. The summed E-state index contributed by atoms with van der Waals surface area (Å²) in [5.41, 5.74) is 0.605. The van der Waals surface area contributed by atoms with Crippen LogP contribution in [0, 0.1) is 0 Å². The van der Waals surface area contributed by atoms with Crippen LogP contribution >= 0.6 is 23.2 Å². The number of hydrogen-bond donors (Lipinski definition) is 0. The molecule has 29 heavy (non-hydrogen) atoms. The average molecular weight is 442 g/mol. The molecule has 0 aromatic carbocycles. The van der Waals surface area contributed by atoms with E-state index in [1.165, 1.54) is 10.7 Å². The number of alkyl halides is 2. The number of anilines is 1. The number of likely N-dealkylation sites (N-methyl/N-ethyl adjacent to an activating group) is 1. The minimum absolute atomic E-state index is 0.0919. The van der Waals surface area contributed by atoms with Crippen molar-refractivity contribution in [3.63, 3.8) is 0 Å². The summed E-state index contributed by atoms with van der Waals surface area (Å²) in [6.45, 7) is 2.34. The van der Waals surface area contributed by atoms with Crippen LogP contribution in [0.25, 0.3) is 16.7 Å². The lowest BCUT2D eigenvalue weighted by Gasteiger charge is -2.20. The first kappa shape index (κ1) is 20.2. The quantitative estimate of drug-likeness (QED) is 0.453. The molecule has 0 N–H and O–H groups in total. The maximum absolute atomic E-state index is 13.8. The van der Waals surface area contributed by atoms with Crippen molar-refractivity contribution < 1.29 is 8.78 Å². The molecule has 0 unspecified atom stereocenters. The molecule has 0 amide bonds. The van der Waals surface area contributed by atoms with Crippen molar-refractivity contribution in [2.24, 2.45) is 0 Å². The van der Waals surface area contributed by atoms with E-state index in [1.807, 2.05) is 14.1 Å². The van der Waals surface area contributed by atoms with Crippen LogP contribution in [0.1, 0.15) is 19.2 Å². The van der Waals surface area contributed by atoms with Gasteiger partial charge in [-0.25, -0.2) is 19.6 Å². The molecule has 3 aromatic rings.